The molecule has 1 amide bonds. The SMILES string of the molecule is O=C(C=Cc1ccc(Cl)s1)N1CCCN(CCO)CC1. The summed E-state index contributed by atoms with van der Waals surface area (Å²) >= 11 is 7.31. The summed E-state index contributed by atoms with van der Waals surface area (Å²) in [6.45, 7) is 4.11. The number of nitrogens with zero attached hydrogens (tertiary/aromatic N) is 2. The Labute approximate surface area is 128 Å². The molecule has 0 atom stereocenters. The first kappa shape index (κ1) is 15.5. The van der Waals surface area contributed by atoms with Gasteiger partial charge in [-0.2, -0.15) is 0 Å². The number of hydrogen-bond donors (Lipinski definition) is 1. The van der Waals surface area contributed by atoms with Crippen LogP contribution in [0.25, 0.3) is 6.08 Å². The van der Waals surface area contributed by atoms with Crippen LogP contribution in [0, 0.1) is 0 Å². The summed E-state index contributed by atoms with van der Waals surface area (Å²) < 4.78 is 0.728. The normalized spacial score (nSPS) is 17.6. The summed E-state index contributed by atoms with van der Waals surface area (Å²) in [6, 6.07) is 3.73. The van der Waals surface area contributed by atoms with E-state index in [1.807, 2.05) is 23.1 Å². The number of halogens is 1. The van der Waals surface area contributed by atoms with Gasteiger partial charge in [0, 0.05) is 37.1 Å². The summed E-state index contributed by atoms with van der Waals surface area (Å²) in [6.07, 6.45) is 4.38. The molecule has 0 bridgehead atoms. The maximum atomic E-state index is 12.1. The van der Waals surface area contributed by atoms with Crippen LogP contribution in [0.5, 0.6) is 0 Å². The molecular formula is C14H19ClN2O2S. The summed E-state index contributed by atoms with van der Waals surface area (Å²) in [5.41, 5.74) is 0. The van der Waals surface area contributed by atoms with Crippen LogP contribution in [0.1, 0.15) is 11.3 Å². The second-order valence-corrected chi connectivity index (χ2v) is 6.47. The van der Waals surface area contributed by atoms with E-state index in [-0.39, 0.29) is 12.5 Å². The number of hydrogen-bond acceptors (Lipinski definition) is 4. The molecular weight excluding hydrogens is 296 g/mol. The number of carbonyl (C=O) groups excluding carboxylic acids is 1. The Morgan fingerprint density at radius 2 is 2.20 bits per heavy atom. The first-order valence-corrected chi connectivity index (χ1v) is 7.94. The van der Waals surface area contributed by atoms with Crippen molar-refractivity contribution in [2.45, 2.75) is 6.42 Å². The first-order valence-electron chi connectivity index (χ1n) is 6.74. The zero-order valence-electron chi connectivity index (χ0n) is 11.3. The number of β-amino-alcohol motifs (C(OH)–C–C–N with tert-alkyl or cyclic N) is 1. The lowest BCUT2D eigenvalue weighted by Gasteiger charge is -2.20. The molecule has 110 valence electrons. The molecule has 20 heavy (non-hydrogen) atoms. The van der Waals surface area contributed by atoms with Crippen LogP contribution >= 0.6 is 22.9 Å². The van der Waals surface area contributed by atoms with Crippen LogP contribution in [0.3, 0.4) is 0 Å². The van der Waals surface area contributed by atoms with Gasteiger partial charge in [-0.05, 0) is 31.2 Å². The molecule has 0 aromatic carbocycles. The van der Waals surface area contributed by atoms with Gasteiger partial charge in [0.1, 0.15) is 0 Å². The minimum Gasteiger partial charge on any atom is -0.395 e. The highest BCUT2D eigenvalue weighted by atomic mass is 35.5. The third-order valence-electron chi connectivity index (χ3n) is 3.30. The Bertz CT molecular complexity index is 475. The van der Waals surface area contributed by atoms with Crippen LogP contribution in [0.2, 0.25) is 4.34 Å². The van der Waals surface area contributed by atoms with E-state index in [1.54, 1.807) is 6.08 Å². The monoisotopic (exact) mass is 314 g/mol. The zero-order valence-corrected chi connectivity index (χ0v) is 12.9. The Balaban J connectivity index is 1.87. The molecule has 1 aliphatic rings. The molecule has 1 aliphatic heterocycles. The second kappa shape index (κ2) is 7.78. The van der Waals surface area contributed by atoms with Crippen molar-refractivity contribution in [3.8, 4) is 0 Å². The van der Waals surface area contributed by atoms with Gasteiger partial charge >= 0.3 is 0 Å². The minimum absolute atomic E-state index is 0.0420. The molecule has 0 unspecified atom stereocenters. The highest BCUT2D eigenvalue weighted by molar-refractivity contribution is 7.17. The molecule has 1 N–H and O–H groups in total. The molecule has 1 aromatic rings. The number of thiophene rings is 1. The number of amides is 1. The molecule has 6 heteroatoms. The van der Waals surface area contributed by atoms with Gasteiger partial charge in [-0.25, -0.2) is 0 Å². The van der Waals surface area contributed by atoms with Gasteiger partial charge in [0.2, 0.25) is 5.91 Å². The van der Waals surface area contributed by atoms with Crippen molar-refractivity contribution >= 4 is 34.9 Å². The van der Waals surface area contributed by atoms with Gasteiger partial charge in [0.05, 0.1) is 10.9 Å². The molecule has 0 spiro atoms. The molecule has 1 aromatic heterocycles. The van der Waals surface area contributed by atoms with E-state index in [9.17, 15) is 4.79 Å². The van der Waals surface area contributed by atoms with Gasteiger partial charge < -0.3 is 10.0 Å². The molecule has 0 saturated carbocycles. The second-order valence-electron chi connectivity index (χ2n) is 4.72. The van der Waals surface area contributed by atoms with Gasteiger partial charge in [0.25, 0.3) is 0 Å². The number of carbonyl (C=O) groups is 1. The lowest BCUT2D eigenvalue weighted by atomic mass is 10.3. The van der Waals surface area contributed by atoms with Crippen molar-refractivity contribution in [3.63, 3.8) is 0 Å². The summed E-state index contributed by atoms with van der Waals surface area (Å²) in [5.74, 6) is 0.0420. The maximum absolute atomic E-state index is 12.1. The number of aliphatic hydroxyl groups excluding tert-OH is 1. The van der Waals surface area contributed by atoms with Crippen LogP contribution < -0.4 is 0 Å². The average Bonchev–Trinajstić information content (AvgIpc) is 2.71. The van der Waals surface area contributed by atoms with E-state index in [0.717, 1.165) is 35.3 Å². The Hall–Kier alpha value is -0.880. The van der Waals surface area contributed by atoms with Gasteiger partial charge in [-0.1, -0.05) is 11.6 Å². The largest absolute Gasteiger partial charge is 0.395 e. The van der Waals surface area contributed by atoms with Gasteiger partial charge in [-0.15, -0.1) is 11.3 Å². The molecule has 1 saturated heterocycles. The molecule has 0 aliphatic carbocycles. The standard InChI is InChI=1S/C14H19ClN2O2S/c15-13-4-2-12(20-13)3-5-14(19)17-7-1-6-16(8-9-17)10-11-18/h2-5,18H,1,6-11H2. The first-order chi connectivity index (χ1) is 9.69. The van der Waals surface area contributed by atoms with Crippen molar-refractivity contribution in [1.82, 2.24) is 9.80 Å². The van der Waals surface area contributed by atoms with E-state index in [0.29, 0.717) is 13.1 Å². The van der Waals surface area contributed by atoms with Gasteiger partial charge in [-0.3, -0.25) is 9.69 Å². The van der Waals surface area contributed by atoms with Crippen molar-refractivity contribution < 1.29 is 9.90 Å². The Kier molecular flexibility index (Phi) is 6.04. The molecule has 2 heterocycles. The van der Waals surface area contributed by atoms with Crippen LogP contribution in [-0.4, -0.2) is 60.1 Å². The fourth-order valence-electron chi connectivity index (χ4n) is 2.23. The lowest BCUT2D eigenvalue weighted by Crippen LogP contribution is -2.35. The molecule has 0 radical (unpaired) electrons. The van der Waals surface area contributed by atoms with Crippen molar-refractivity contribution in [2.24, 2.45) is 0 Å². The van der Waals surface area contributed by atoms with Crippen LogP contribution in [0.4, 0.5) is 0 Å². The van der Waals surface area contributed by atoms with E-state index in [1.165, 1.54) is 11.3 Å². The topological polar surface area (TPSA) is 43.8 Å². The molecule has 2 rings (SSSR count). The Morgan fingerprint density at radius 3 is 2.90 bits per heavy atom. The smallest absolute Gasteiger partial charge is 0.246 e. The number of rotatable bonds is 4. The van der Waals surface area contributed by atoms with Crippen LogP contribution in [0.15, 0.2) is 18.2 Å². The van der Waals surface area contributed by atoms with E-state index in [2.05, 4.69) is 4.90 Å². The molecule has 4 nitrogen and oxygen atoms in total. The lowest BCUT2D eigenvalue weighted by molar-refractivity contribution is -0.125. The average molecular weight is 315 g/mol. The van der Waals surface area contributed by atoms with Crippen molar-refractivity contribution in [1.29, 1.82) is 0 Å². The summed E-state index contributed by atoms with van der Waals surface area (Å²) in [4.78, 5) is 17.2. The predicted molar refractivity (Wildman–Crippen MR) is 83.1 cm³/mol. The van der Waals surface area contributed by atoms with Gasteiger partial charge in [0.15, 0.2) is 0 Å². The third kappa shape index (κ3) is 4.59. The fraction of sp³-hybridized carbons (Fsp3) is 0.500. The van der Waals surface area contributed by atoms with Crippen LogP contribution in [-0.2, 0) is 4.79 Å². The van der Waals surface area contributed by atoms with E-state index < -0.39 is 0 Å². The maximum Gasteiger partial charge on any atom is 0.246 e. The molecule has 1 fully saturated rings. The van der Waals surface area contributed by atoms with Crippen molar-refractivity contribution in [2.75, 3.05) is 39.3 Å². The highest BCUT2D eigenvalue weighted by Crippen LogP contribution is 2.22. The summed E-state index contributed by atoms with van der Waals surface area (Å²) in [5, 5.41) is 8.95. The fourth-order valence-corrected chi connectivity index (χ4v) is 3.20. The Morgan fingerprint density at radius 1 is 1.35 bits per heavy atom. The minimum atomic E-state index is 0.0420. The van der Waals surface area contributed by atoms with Crippen molar-refractivity contribution in [3.05, 3.63) is 27.4 Å². The van der Waals surface area contributed by atoms with E-state index >= 15 is 0 Å². The third-order valence-corrected chi connectivity index (χ3v) is 4.50. The highest BCUT2D eigenvalue weighted by Gasteiger charge is 2.16. The predicted octanol–water partition coefficient (Wildman–Crippen LogP) is 1.94. The quantitative estimate of drug-likeness (QED) is 0.864. The van der Waals surface area contributed by atoms with E-state index in [4.69, 9.17) is 16.7 Å². The summed E-state index contributed by atoms with van der Waals surface area (Å²) in [7, 11) is 0. The zero-order chi connectivity index (χ0) is 14.4. The number of aliphatic hydroxyl groups is 1.